The zero-order chi connectivity index (χ0) is 25.7. The molecule has 1 N–H and O–H groups in total. The van der Waals surface area contributed by atoms with Gasteiger partial charge in [-0.05, 0) is 71.2 Å². The first-order valence-corrected chi connectivity index (χ1v) is 12.3. The molecule has 0 radical (unpaired) electrons. The highest BCUT2D eigenvalue weighted by Crippen LogP contribution is 2.47. The molecule has 35 heavy (non-hydrogen) atoms. The number of benzene rings is 3. The molecule has 1 aliphatic rings. The molecule has 0 bridgehead atoms. The lowest BCUT2D eigenvalue weighted by Crippen LogP contribution is -2.36. The van der Waals surface area contributed by atoms with Crippen LogP contribution in [0.1, 0.15) is 99.5 Å². The van der Waals surface area contributed by atoms with Gasteiger partial charge in [0.15, 0.2) is 5.78 Å². The molecule has 0 fully saturated rings. The summed E-state index contributed by atoms with van der Waals surface area (Å²) in [6, 6.07) is 16.0. The first-order chi connectivity index (χ1) is 16.3. The predicted molar refractivity (Wildman–Crippen MR) is 139 cm³/mol. The standard InChI is InChI=1S/C31H35FO3/c1-18(2)23-16-25-28(24(33)17-31(6,7)35-25)26(19-10-14-22(32)15-11-19)27(23)29(34)20-8-12-21(13-9-20)30(3,4)5/h8-16,18,29,34H,17H2,1-7H3. The Kier molecular flexibility index (Phi) is 6.39. The molecule has 3 aromatic rings. The van der Waals surface area contributed by atoms with Crippen molar-refractivity contribution in [2.45, 2.75) is 77.9 Å². The lowest BCUT2D eigenvalue weighted by Gasteiger charge is -2.35. The van der Waals surface area contributed by atoms with E-state index in [2.05, 4.69) is 34.6 Å². The summed E-state index contributed by atoms with van der Waals surface area (Å²) in [5.41, 5.74) is 4.63. The quantitative estimate of drug-likeness (QED) is 0.421. The number of rotatable bonds is 4. The summed E-state index contributed by atoms with van der Waals surface area (Å²) >= 11 is 0. The monoisotopic (exact) mass is 474 g/mol. The molecule has 1 atom stereocenters. The highest BCUT2D eigenvalue weighted by atomic mass is 19.1. The predicted octanol–water partition coefficient (Wildman–Crippen LogP) is 7.74. The number of hydrogen-bond donors (Lipinski definition) is 1. The maximum absolute atomic E-state index is 13.8. The molecule has 1 aliphatic heterocycles. The van der Waals surface area contributed by atoms with Crippen LogP contribution < -0.4 is 4.74 Å². The number of ketones is 1. The van der Waals surface area contributed by atoms with E-state index in [0.29, 0.717) is 28.0 Å². The van der Waals surface area contributed by atoms with Gasteiger partial charge in [0, 0.05) is 5.56 Å². The molecule has 184 valence electrons. The van der Waals surface area contributed by atoms with Crippen molar-refractivity contribution in [3.63, 3.8) is 0 Å². The summed E-state index contributed by atoms with van der Waals surface area (Å²) in [5, 5.41) is 11.8. The van der Waals surface area contributed by atoms with E-state index in [-0.39, 0.29) is 29.4 Å². The topological polar surface area (TPSA) is 46.5 Å². The minimum absolute atomic E-state index is 0.00573. The van der Waals surface area contributed by atoms with Crippen molar-refractivity contribution in [1.82, 2.24) is 0 Å². The first-order valence-electron chi connectivity index (χ1n) is 12.3. The SMILES string of the molecule is CC(C)c1cc2c(c(-c3ccc(F)cc3)c1C(O)c1ccc(C(C)(C)C)cc1)C(=O)CC(C)(C)O2. The van der Waals surface area contributed by atoms with Crippen LogP contribution in [0.25, 0.3) is 11.1 Å². The second-order valence-electron chi connectivity index (χ2n) is 11.5. The zero-order valence-corrected chi connectivity index (χ0v) is 21.7. The first kappa shape index (κ1) is 25.1. The Morgan fingerprint density at radius 1 is 0.971 bits per heavy atom. The van der Waals surface area contributed by atoms with Crippen LogP contribution in [0, 0.1) is 5.82 Å². The van der Waals surface area contributed by atoms with Crippen LogP contribution in [0.15, 0.2) is 54.6 Å². The van der Waals surface area contributed by atoms with Crippen LogP contribution in [0.2, 0.25) is 0 Å². The average molecular weight is 475 g/mol. The smallest absolute Gasteiger partial charge is 0.171 e. The van der Waals surface area contributed by atoms with E-state index in [4.69, 9.17) is 4.74 Å². The third-order valence-electron chi connectivity index (χ3n) is 6.74. The van der Waals surface area contributed by atoms with Gasteiger partial charge in [-0.15, -0.1) is 0 Å². The molecule has 0 aromatic heterocycles. The van der Waals surface area contributed by atoms with Crippen LogP contribution >= 0.6 is 0 Å². The van der Waals surface area contributed by atoms with E-state index in [1.807, 2.05) is 44.2 Å². The average Bonchev–Trinajstić information content (AvgIpc) is 2.76. The highest BCUT2D eigenvalue weighted by Gasteiger charge is 2.37. The lowest BCUT2D eigenvalue weighted by molar-refractivity contribution is 0.0620. The zero-order valence-electron chi connectivity index (χ0n) is 21.7. The number of hydrogen-bond acceptors (Lipinski definition) is 3. The van der Waals surface area contributed by atoms with Crippen molar-refractivity contribution in [2.24, 2.45) is 0 Å². The van der Waals surface area contributed by atoms with Gasteiger partial charge in [-0.2, -0.15) is 0 Å². The Hall–Kier alpha value is -2.98. The maximum Gasteiger partial charge on any atom is 0.171 e. The molecule has 0 saturated carbocycles. The van der Waals surface area contributed by atoms with Crippen molar-refractivity contribution in [1.29, 1.82) is 0 Å². The van der Waals surface area contributed by atoms with E-state index in [9.17, 15) is 14.3 Å². The van der Waals surface area contributed by atoms with Crippen LogP contribution in [0.4, 0.5) is 4.39 Å². The van der Waals surface area contributed by atoms with E-state index < -0.39 is 11.7 Å². The molecule has 3 aromatic carbocycles. The van der Waals surface area contributed by atoms with Gasteiger partial charge >= 0.3 is 0 Å². The van der Waals surface area contributed by atoms with Gasteiger partial charge in [0.2, 0.25) is 0 Å². The van der Waals surface area contributed by atoms with Crippen molar-refractivity contribution >= 4 is 5.78 Å². The van der Waals surface area contributed by atoms with Crippen molar-refractivity contribution < 1.29 is 19.0 Å². The summed E-state index contributed by atoms with van der Waals surface area (Å²) in [4.78, 5) is 13.5. The molecule has 1 heterocycles. The van der Waals surface area contributed by atoms with Crippen molar-refractivity contribution in [2.75, 3.05) is 0 Å². The van der Waals surface area contributed by atoms with Gasteiger partial charge in [0.05, 0.1) is 12.0 Å². The minimum Gasteiger partial charge on any atom is -0.487 e. The Morgan fingerprint density at radius 3 is 2.11 bits per heavy atom. The molecule has 4 rings (SSSR count). The molecular weight excluding hydrogens is 439 g/mol. The third kappa shape index (κ3) is 4.90. The summed E-state index contributed by atoms with van der Waals surface area (Å²) in [6.07, 6.45) is -0.736. The van der Waals surface area contributed by atoms with Crippen molar-refractivity contribution in [3.05, 3.63) is 88.2 Å². The number of carbonyl (C=O) groups is 1. The lowest BCUT2D eigenvalue weighted by atomic mass is 9.78. The van der Waals surface area contributed by atoms with E-state index in [1.54, 1.807) is 12.1 Å². The number of Topliss-reactive ketones (excluding diaryl/α,β-unsaturated/α-hetero) is 1. The molecule has 0 amide bonds. The van der Waals surface area contributed by atoms with E-state index >= 15 is 0 Å². The number of ether oxygens (including phenoxy) is 1. The fraction of sp³-hybridized carbons (Fsp3) is 0.387. The van der Waals surface area contributed by atoms with Gasteiger partial charge in [-0.25, -0.2) is 4.39 Å². The summed E-state index contributed by atoms with van der Waals surface area (Å²) < 4.78 is 20.1. The van der Waals surface area contributed by atoms with Gasteiger partial charge in [0.25, 0.3) is 0 Å². The van der Waals surface area contributed by atoms with Crippen LogP contribution in [-0.2, 0) is 5.41 Å². The molecule has 3 nitrogen and oxygen atoms in total. The van der Waals surface area contributed by atoms with E-state index in [0.717, 1.165) is 11.1 Å². The van der Waals surface area contributed by atoms with Gasteiger partial charge in [-0.1, -0.05) is 71.0 Å². The Morgan fingerprint density at radius 2 is 1.57 bits per heavy atom. The van der Waals surface area contributed by atoms with Gasteiger partial charge in [-0.3, -0.25) is 4.79 Å². The largest absolute Gasteiger partial charge is 0.487 e. The second-order valence-corrected chi connectivity index (χ2v) is 11.5. The Balaban J connectivity index is 2.01. The van der Waals surface area contributed by atoms with E-state index in [1.165, 1.54) is 17.7 Å². The number of fused-ring (bicyclic) bond motifs is 1. The second kappa shape index (κ2) is 8.91. The third-order valence-corrected chi connectivity index (χ3v) is 6.74. The summed E-state index contributed by atoms with van der Waals surface area (Å²) in [6.45, 7) is 14.4. The Bertz CT molecular complexity index is 1250. The normalized spacial score (nSPS) is 16.1. The minimum atomic E-state index is -0.963. The molecule has 0 spiro atoms. The van der Waals surface area contributed by atoms with Gasteiger partial charge < -0.3 is 9.84 Å². The fourth-order valence-electron chi connectivity index (χ4n) is 4.88. The number of carbonyl (C=O) groups excluding carboxylic acids is 1. The number of halogens is 1. The molecule has 0 saturated heterocycles. The number of aliphatic hydroxyl groups excluding tert-OH is 1. The molecule has 0 aliphatic carbocycles. The van der Waals surface area contributed by atoms with Crippen LogP contribution in [0.3, 0.4) is 0 Å². The molecule has 1 unspecified atom stereocenters. The molecule has 4 heteroatoms. The fourth-order valence-corrected chi connectivity index (χ4v) is 4.88. The van der Waals surface area contributed by atoms with Crippen LogP contribution in [0.5, 0.6) is 5.75 Å². The summed E-state index contributed by atoms with van der Waals surface area (Å²) in [7, 11) is 0. The Labute approximate surface area is 208 Å². The van der Waals surface area contributed by atoms with Crippen LogP contribution in [-0.4, -0.2) is 16.5 Å². The summed E-state index contributed by atoms with van der Waals surface area (Å²) in [5.74, 6) is 0.184. The highest BCUT2D eigenvalue weighted by molar-refractivity contribution is 6.07. The number of aliphatic hydroxyl groups is 1. The van der Waals surface area contributed by atoms with Gasteiger partial charge in [0.1, 0.15) is 23.3 Å². The maximum atomic E-state index is 13.8. The molecular formula is C31H35FO3. The van der Waals surface area contributed by atoms with Crippen molar-refractivity contribution in [3.8, 4) is 16.9 Å².